The highest BCUT2D eigenvalue weighted by Crippen LogP contribution is 2.36. The second-order valence-corrected chi connectivity index (χ2v) is 7.69. The van der Waals surface area contributed by atoms with Crippen molar-refractivity contribution in [2.75, 3.05) is 13.6 Å². The molecule has 0 bridgehead atoms. The Morgan fingerprint density at radius 1 is 1.19 bits per heavy atom. The number of aliphatic hydroxyl groups excluding tert-OH is 1. The van der Waals surface area contributed by atoms with Crippen molar-refractivity contribution < 1.29 is 5.11 Å². The number of hydrogen-bond acceptors (Lipinski definition) is 2. The summed E-state index contributed by atoms with van der Waals surface area (Å²) in [4.78, 5) is 2.36. The van der Waals surface area contributed by atoms with Gasteiger partial charge in [-0.1, -0.05) is 32.0 Å². The SMILES string of the molecule is Cc1ccc(C(O)CN(C)C2CCC(C)(C)CC2)cc1C. The van der Waals surface area contributed by atoms with Crippen molar-refractivity contribution >= 4 is 0 Å². The molecule has 0 amide bonds. The molecule has 1 fully saturated rings. The zero-order valence-corrected chi connectivity index (χ0v) is 14.3. The lowest BCUT2D eigenvalue weighted by Gasteiger charge is -2.39. The molecule has 118 valence electrons. The summed E-state index contributed by atoms with van der Waals surface area (Å²) in [5, 5.41) is 10.5. The van der Waals surface area contributed by atoms with Gasteiger partial charge in [0.05, 0.1) is 6.10 Å². The molecule has 1 atom stereocenters. The van der Waals surface area contributed by atoms with Crippen molar-refractivity contribution in [2.24, 2.45) is 5.41 Å². The highest BCUT2D eigenvalue weighted by atomic mass is 16.3. The van der Waals surface area contributed by atoms with Crippen LogP contribution in [0.2, 0.25) is 0 Å². The lowest BCUT2D eigenvalue weighted by atomic mass is 9.75. The molecule has 2 nitrogen and oxygen atoms in total. The molecule has 1 aliphatic rings. The molecule has 0 radical (unpaired) electrons. The Morgan fingerprint density at radius 3 is 2.38 bits per heavy atom. The number of rotatable bonds is 4. The molecule has 2 rings (SSSR count). The van der Waals surface area contributed by atoms with E-state index < -0.39 is 0 Å². The highest BCUT2D eigenvalue weighted by Gasteiger charge is 2.29. The zero-order valence-electron chi connectivity index (χ0n) is 14.3. The van der Waals surface area contributed by atoms with Crippen molar-refractivity contribution in [2.45, 2.75) is 65.5 Å². The average molecular weight is 289 g/mol. The summed E-state index contributed by atoms with van der Waals surface area (Å²) >= 11 is 0. The van der Waals surface area contributed by atoms with Crippen molar-refractivity contribution in [3.8, 4) is 0 Å². The van der Waals surface area contributed by atoms with Gasteiger partial charge in [-0.25, -0.2) is 0 Å². The minimum atomic E-state index is -0.385. The number of likely N-dealkylation sites (N-methyl/N-ethyl adjacent to an activating group) is 1. The molecule has 0 heterocycles. The van der Waals surface area contributed by atoms with Crippen molar-refractivity contribution in [1.29, 1.82) is 0 Å². The zero-order chi connectivity index (χ0) is 15.6. The van der Waals surface area contributed by atoms with Crippen molar-refractivity contribution in [3.63, 3.8) is 0 Å². The first-order valence-corrected chi connectivity index (χ1v) is 8.24. The van der Waals surface area contributed by atoms with E-state index in [-0.39, 0.29) is 6.10 Å². The predicted molar refractivity (Wildman–Crippen MR) is 89.5 cm³/mol. The maximum atomic E-state index is 10.5. The molecular formula is C19H31NO. The summed E-state index contributed by atoms with van der Waals surface area (Å²) in [6, 6.07) is 6.92. The Balaban J connectivity index is 1.93. The Morgan fingerprint density at radius 2 is 1.81 bits per heavy atom. The van der Waals surface area contributed by atoms with Gasteiger partial charge in [0.25, 0.3) is 0 Å². The topological polar surface area (TPSA) is 23.5 Å². The Hall–Kier alpha value is -0.860. The summed E-state index contributed by atoms with van der Waals surface area (Å²) in [6.45, 7) is 9.69. The molecule has 0 aromatic heterocycles. The van der Waals surface area contributed by atoms with Gasteiger partial charge < -0.3 is 10.0 Å². The first kappa shape index (κ1) is 16.5. The average Bonchev–Trinajstić information content (AvgIpc) is 2.41. The van der Waals surface area contributed by atoms with Gasteiger partial charge in [0, 0.05) is 12.6 Å². The van der Waals surface area contributed by atoms with E-state index >= 15 is 0 Å². The molecule has 0 spiro atoms. The van der Waals surface area contributed by atoms with E-state index in [2.05, 4.69) is 57.8 Å². The number of aryl methyl sites for hydroxylation is 2. The first-order chi connectivity index (χ1) is 9.78. The van der Waals surface area contributed by atoms with Gasteiger partial charge >= 0.3 is 0 Å². The molecule has 2 heteroatoms. The van der Waals surface area contributed by atoms with Gasteiger partial charge in [-0.2, -0.15) is 0 Å². The summed E-state index contributed by atoms with van der Waals surface area (Å²) in [6.07, 6.45) is 4.71. The summed E-state index contributed by atoms with van der Waals surface area (Å²) in [5.74, 6) is 0. The second kappa shape index (κ2) is 6.50. The Kier molecular flexibility index (Phi) is 5.11. The summed E-state index contributed by atoms with van der Waals surface area (Å²) in [7, 11) is 2.16. The highest BCUT2D eigenvalue weighted by molar-refractivity contribution is 5.31. The molecule has 1 aliphatic carbocycles. The van der Waals surface area contributed by atoms with Crippen LogP contribution in [0.25, 0.3) is 0 Å². The van der Waals surface area contributed by atoms with Gasteiger partial charge in [-0.15, -0.1) is 0 Å². The van der Waals surface area contributed by atoms with E-state index in [1.54, 1.807) is 0 Å². The van der Waals surface area contributed by atoms with E-state index in [0.29, 0.717) is 11.5 Å². The van der Waals surface area contributed by atoms with Crippen LogP contribution < -0.4 is 0 Å². The molecule has 1 N–H and O–H groups in total. The largest absolute Gasteiger partial charge is 0.387 e. The van der Waals surface area contributed by atoms with Crippen LogP contribution in [0.3, 0.4) is 0 Å². The second-order valence-electron chi connectivity index (χ2n) is 7.69. The smallest absolute Gasteiger partial charge is 0.0917 e. The quantitative estimate of drug-likeness (QED) is 0.896. The molecule has 1 unspecified atom stereocenters. The standard InChI is InChI=1S/C19H31NO/c1-14-6-7-16(12-15(14)2)18(21)13-20(5)17-8-10-19(3,4)11-9-17/h6-7,12,17-18,21H,8-11,13H2,1-5H3. The number of nitrogens with zero attached hydrogens (tertiary/aromatic N) is 1. The van der Waals surface area contributed by atoms with Crippen LogP contribution in [0.5, 0.6) is 0 Å². The van der Waals surface area contributed by atoms with Crippen LogP contribution in [-0.4, -0.2) is 29.6 Å². The van der Waals surface area contributed by atoms with E-state index in [0.717, 1.165) is 12.1 Å². The monoisotopic (exact) mass is 289 g/mol. The minimum Gasteiger partial charge on any atom is -0.387 e. The molecule has 0 aliphatic heterocycles. The van der Waals surface area contributed by atoms with Crippen LogP contribution in [0.1, 0.15) is 62.3 Å². The number of hydrogen-bond donors (Lipinski definition) is 1. The fraction of sp³-hybridized carbons (Fsp3) is 0.684. The number of aliphatic hydroxyl groups is 1. The third-order valence-electron chi connectivity index (χ3n) is 5.31. The van der Waals surface area contributed by atoms with Gasteiger partial charge in [0.1, 0.15) is 0 Å². The van der Waals surface area contributed by atoms with Crippen LogP contribution >= 0.6 is 0 Å². The van der Waals surface area contributed by atoms with E-state index in [1.165, 1.54) is 36.8 Å². The lowest BCUT2D eigenvalue weighted by Crippen LogP contribution is -2.39. The van der Waals surface area contributed by atoms with Crippen LogP contribution in [0.4, 0.5) is 0 Å². The van der Waals surface area contributed by atoms with E-state index in [1.807, 2.05) is 0 Å². The maximum Gasteiger partial charge on any atom is 0.0917 e. The summed E-state index contributed by atoms with van der Waals surface area (Å²) in [5.41, 5.74) is 4.09. The maximum absolute atomic E-state index is 10.5. The van der Waals surface area contributed by atoms with E-state index in [9.17, 15) is 5.11 Å². The third kappa shape index (κ3) is 4.31. The number of benzene rings is 1. The Labute approximate surface area is 130 Å². The predicted octanol–water partition coefficient (Wildman–Crippen LogP) is 4.24. The minimum absolute atomic E-state index is 0.385. The Bertz CT molecular complexity index is 470. The van der Waals surface area contributed by atoms with Crippen LogP contribution in [-0.2, 0) is 0 Å². The normalized spacial score (nSPS) is 20.7. The van der Waals surface area contributed by atoms with Gasteiger partial charge in [-0.05, 0) is 68.7 Å². The van der Waals surface area contributed by atoms with Gasteiger partial charge in [0.2, 0.25) is 0 Å². The third-order valence-corrected chi connectivity index (χ3v) is 5.31. The lowest BCUT2D eigenvalue weighted by molar-refractivity contribution is 0.0722. The van der Waals surface area contributed by atoms with Crippen LogP contribution in [0, 0.1) is 19.3 Å². The first-order valence-electron chi connectivity index (χ1n) is 8.24. The molecule has 1 aromatic carbocycles. The van der Waals surface area contributed by atoms with Gasteiger partial charge in [0.15, 0.2) is 0 Å². The van der Waals surface area contributed by atoms with E-state index in [4.69, 9.17) is 0 Å². The van der Waals surface area contributed by atoms with Crippen LogP contribution in [0.15, 0.2) is 18.2 Å². The van der Waals surface area contributed by atoms with Crippen molar-refractivity contribution in [1.82, 2.24) is 4.90 Å². The molecule has 1 saturated carbocycles. The fourth-order valence-electron chi connectivity index (χ4n) is 3.32. The molecule has 1 aromatic rings. The molecule has 21 heavy (non-hydrogen) atoms. The van der Waals surface area contributed by atoms with Crippen molar-refractivity contribution in [3.05, 3.63) is 34.9 Å². The summed E-state index contributed by atoms with van der Waals surface area (Å²) < 4.78 is 0. The van der Waals surface area contributed by atoms with Gasteiger partial charge in [-0.3, -0.25) is 0 Å². The molecule has 0 saturated heterocycles. The molecular weight excluding hydrogens is 258 g/mol. The fourth-order valence-corrected chi connectivity index (χ4v) is 3.32.